The minimum Gasteiger partial charge on any atom is -0.444 e. The minimum atomic E-state index is -0.463. The molecule has 3 atom stereocenters. The molecule has 0 N–H and O–H groups in total. The summed E-state index contributed by atoms with van der Waals surface area (Å²) in [5, 5.41) is 0. The predicted molar refractivity (Wildman–Crippen MR) is 79.2 cm³/mol. The number of hydrogen-bond donors (Lipinski definition) is 0. The van der Waals surface area contributed by atoms with Crippen LogP contribution in [0.25, 0.3) is 0 Å². The van der Waals surface area contributed by atoms with Crippen LogP contribution in [-0.4, -0.2) is 59.9 Å². The van der Waals surface area contributed by atoms with Crippen molar-refractivity contribution in [2.24, 2.45) is 0 Å². The van der Waals surface area contributed by atoms with Gasteiger partial charge in [-0.1, -0.05) is 15.9 Å². The summed E-state index contributed by atoms with van der Waals surface area (Å²) >= 11 is 3.59. The maximum atomic E-state index is 12.0. The molecule has 3 unspecified atom stereocenters. The molecule has 0 radical (unpaired) electrons. The molecule has 0 aliphatic carbocycles. The van der Waals surface area contributed by atoms with Gasteiger partial charge >= 0.3 is 6.09 Å². The van der Waals surface area contributed by atoms with E-state index in [4.69, 9.17) is 14.2 Å². The first-order chi connectivity index (χ1) is 9.35. The lowest BCUT2D eigenvalue weighted by Crippen LogP contribution is -2.36. The Morgan fingerprint density at radius 3 is 2.75 bits per heavy atom. The quantitative estimate of drug-likeness (QED) is 0.734. The highest BCUT2D eigenvalue weighted by atomic mass is 79.9. The van der Waals surface area contributed by atoms with Crippen LogP contribution in [0.15, 0.2) is 0 Å². The number of likely N-dealkylation sites (tertiary alicyclic amines) is 1. The summed E-state index contributed by atoms with van der Waals surface area (Å²) in [7, 11) is 0. The molecule has 2 aliphatic rings. The molecule has 116 valence electrons. The lowest BCUT2D eigenvalue weighted by molar-refractivity contribution is -0.0169. The Hall–Kier alpha value is -0.330. The van der Waals surface area contributed by atoms with Crippen LogP contribution in [0, 0.1) is 0 Å². The third-order valence-electron chi connectivity index (χ3n) is 3.37. The van der Waals surface area contributed by atoms with E-state index < -0.39 is 5.60 Å². The van der Waals surface area contributed by atoms with E-state index in [9.17, 15) is 4.79 Å². The molecular weight excluding hydrogens is 326 g/mol. The molecule has 0 saturated carbocycles. The topological polar surface area (TPSA) is 48.0 Å². The molecule has 2 rings (SSSR count). The van der Waals surface area contributed by atoms with Crippen molar-refractivity contribution in [1.29, 1.82) is 0 Å². The zero-order valence-electron chi connectivity index (χ0n) is 12.4. The molecule has 0 spiro atoms. The molecule has 0 aromatic carbocycles. The van der Waals surface area contributed by atoms with Gasteiger partial charge in [-0.15, -0.1) is 0 Å². The second-order valence-corrected chi connectivity index (χ2v) is 7.58. The van der Waals surface area contributed by atoms with Gasteiger partial charge in [0.05, 0.1) is 30.2 Å². The van der Waals surface area contributed by atoms with Crippen LogP contribution in [0.3, 0.4) is 0 Å². The molecule has 2 fully saturated rings. The lowest BCUT2D eigenvalue weighted by Gasteiger charge is -2.24. The van der Waals surface area contributed by atoms with E-state index in [1.165, 1.54) is 0 Å². The van der Waals surface area contributed by atoms with E-state index in [0.717, 1.165) is 19.4 Å². The maximum Gasteiger partial charge on any atom is 0.410 e. The number of nitrogens with zero attached hydrogens (tertiary/aromatic N) is 1. The van der Waals surface area contributed by atoms with Gasteiger partial charge in [0, 0.05) is 13.2 Å². The van der Waals surface area contributed by atoms with E-state index in [-0.39, 0.29) is 23.1 Å². The standard InChI is InChI=1S/C14H24BrNO4/c1-14(2,3)20-13(17)16-7-11(15)12(8-16)19-9-10-5-4-6-18-10/h10-12H,4-9H2,1-3H3. The van der Waals surface area contributed by atoms with Gasteiger partial charge in [-0.05, 0) is 33.6 Å². The van der Waals surface area contributed by atoms with E-state index in [0.29, 0.717) is 19.7 Å². The molecular formula is C14H24BrNO4. The Morgan fingerprint density at radius 2 is 2.15 bits per heavy atom. The minimum absolute atomic E-state index is 0.00622. The molecule has 5 nitrogen and oxygen atoms in total. The first kappa shape index (κ1) is 16.0. The predicted octanol–water partition coefficient (Wildman–Crippen LogP) is 2.56. The van der Waals surface area contributed by atoms with Gasteiger partial charge in [0.25, 0.3) is 0 Å². The average Bonchev–Trinajstić information content (AvgIpc) is 2.93. The molecule has 1 amide bonds. The zero-order chi connectivity index (χ0) is 14.8. The van der Waals surface area contributed by atoms with Crippen LogP contribution in [0.5, 0.6) is 0 Å². The fourth-order valence-electron chi connectivity index (χ4n) is 2.37. The Bertz CT molecular complexity index is 339. The average molecular weight is 350 g/mol. The van der Waals surface area contributed by atoms with E-state index in [1.54, 1.807) is 4.90 Å². The molecule has 20 heavy (non-hydrogen) atoms. The smallest absolute Gasteiger partial charge is 0.410 e. The third kappa shape index (κ3) is 4.60. The van der Waals surface area contributed by atoms with Crippen molar-refractivity contribution in [2.45, 2.75) is 56.2 Å². The van der Waals surface area contributed by atoms with Crippen LogP contribution < -0.4 is 0 Å². The Balaban J connectivity index is 1.77. The molecule has 0 bridgehead atoms. The summed E-state index contributed by atoms with van der Waals surface area (Å²) in [6.45, 7) is 8.24. The monoisotopic (exact) mass is 349 g/mol. The van der Waals surface area contributed by atoms with E-state index >= 15 is 0 Å². The van der Waals surface area contributed by atoms with Crippen molar-refractivity contribution >= 4 is 22.0 Å². The second-order valence-electron chi connectivity index (χ2n) is 6.41. The van der Waals surface area contributed by atoms with E-state index in [1.807, 2.05) is 20.8 Å². The van der Waals surface area contributed by atoms with Gasteiger partial charge < -0.3 is 19.1 Å². The number of carbonyl (C=O) groups is 1. The highest BCUT2D eigenvalue weighted by Gasteiger charge is 2.37. The van der Waals surface area contributed by atoms with Gasteiger partial charge in [-0.2, -0.15) is 0 Å². The van der Waals surface area contributed by atoms with Crippen LogP contribution in [0.1, 0.15) is 33.6 Å². The first-order valence-electron chi connectivity index (χ1n) is 7.20. The third-order valence-corrected chi connectivity index (χ3v) is 4.25. The summed E-state index contributed by atoms with van der Waals surface area (Å²) in [4.78, 5) is 13.9. The number of ether oxygens (including phenoxy) is 3. The van der Waals surface area contributed by atoms with Crippen molar-refractivity contribution in [2.75, 3.05) is 26.3 Å². The summed E-state index contributed by atoms with van der Waals surface area (Å²) < 4.78 is 16.8. The summed E-state index contributed by atoms with van der Waals surface area (Å²) in [6.07, 6.45) is 2.12. The van der Waals surface area contributed by atoms with Gasteiger partial charge in [0.15, 0.2) is 0 Å². The SMILES string of the molecule is CC(C)(C)OC(=O)N1CC(Br)C(OCC2CCCO2)C1. The first-order valence-corrected chi connectivity index (χ1v) is 8.12. The second kappa shape index (κ2) is 6.62. The van der Waals surface area contributed by atoms with Crippen molar-refractivity contribution < 1.29 is 19.0 Å². The van der Waals surface area contributed by atoms with Gasteiger partial charge in [-0.3, -0.25) is 0 Å². The Labute approximate surface area is 129 Å². The molecule has 0 aromatic rings. The number of rotatable bonds is 3. The highest BCUT2D eigenvalue weighted by Crippen LogP contribution is 2.24. The largest absolute Gasteiger partial charge is 0.444 e. The molecule has 2 saturated heterocycles. The van der Waals surface area contributed by atoms with Crippen molar-refractivity contribution in [3.05, 3.63) is 0 Å². The molecule has 2 heterocycles. The number of halogens is 1. The normalized spacial score (nSPS) is 30.8. The number of hydrogen-bond acceptors (Lipinski definition) is 4. The lowest BCUT2D eigenvalue weighted by atomic mass is 10.2. The molecule has 0 aromatic heterocycles. The number of alkyl halides is 1. The van der Waals surface area contributed by atoms with Crippen LogP contribution in [0.2, 0.25) is 0 Å². The zero-order valence-corrected chi connectivity index (χ0v) is 14.0. The number of amides is 1. The molecule has 2 aliphatic heterocycles. The van der Waals surface area contributed by atoms with Crippen LogP contribution in [-0.2, 0) is 14.2 Å². The van der Waals surface area contributed by atoms with Gasteiger partial charge in [0.2, 0.25) is 0 Å². The van der Waals surface area contributed by atoms with Crippen molar-refractivity contribution in [3.8, 4) is 0 Å². The van der Waals surface area contributed by atoms with Crippen molar-refractivity contribution in [1.82, 2.24) is 4.90 Å². The van der Waals surface area contributed by atoms with Gasteiger partial charge in [-0.25, -0.2) is 4.79 Å². The van der Waals surface area contributed by atoms with Crippen molar-refractivity contribution in [3.63, 3.8) is 0 Å². The Morgan fingerprint density at radius 1 is 1.40 bits per heavy atom. The highest BCUT2D eigenvalue weighted by molar-refractivity contribution is 9.09. The molecule has 6 heteroatoms. The van der Waals surface area contributed by atoms with Crippen LogP contribution >= 0.6 is 15.9 Å². The van der Waals surface area contributed by atoms with Gasteiger partial charge in [0.1, 0.15) is 5.60 Å². The summed E-state index contributed by atoms with van der Waals surface area (Å²) in [5.41, 5.74) is -0.463. The van der Waals surface area contributed by atoms with E-state index in [2.05, 4.69) is 15.9 Å². The van der Waals surface area contributed by atoms with Crippen LogP contribution in [0.4, 0.5) is 4.79 Å². The Kier molecular flexibility index (Phi) is 5.31. The fraction of sp³-hybridized carbons (Fsp3) is 0.929. The number of carbonyl (C=O) groups excluding carboxylic acids is 1. The summed E-state index contributed by atoms with van der Waals surface area (Å²) in [6, 6.07) is 0. The maximum absolute atomic E-state index is 12.0. The summed E-state index contributed by atoms with van der Waals surface area (Å²) in [5.74, 6) is 0. The fourth-order valence-corrected chi connectivity index (χ4v) is 3.04.